The van der Waals surface area contributed by atoms with Crippen molar-refractivity contribution in [3.05, 3.63) is 64.2 Å². The van der Waals surface area contributed by atoms with Crippen LogP contribution in [0.3, 0.4) is 0 Å². The van der Waals surface area contributed by atoms with E-state index in [-0.39, 0.29) is 16.5 Å². The standard InChI is InChI=1S/C19H17FN2O4/c1-22-10-13(18(23)12-5-4-6-14(20)17(12)22)19(24)21-15-9-11(25-2)7-8-16(15)26-3/h4-10H,1-3H3,(H,21,24). The smallest absolute Gasteiger partial charge is 0.261 e. The van der Waals surface area contributed by atoms with Crippen LogP contribution in [0.5, 0.6) is 11.5 Å². The van der Waals surface area contributed by atoms with Gasteiger partial charge < -0.3 is 19.4 Å². The van der Waals surface area contributed by atoms with E-state index in [1.807, 2.05) is 0 Å². The highest BCUT2D eigenvalue weighted by molar-refractivity contribution is 6.06. The number of hydrogen-bond donors (Lipinski definition) is 1. The Hall–Kier alpha value is -3.35. The third-order valence-electron chi connectivity index (χ3n) is 4.05. The van der Waals surface area contributed by atoms with Crippen LogP contribution in [-0.2, 0) is 7.05 Å². The maximum absolute atomic E-state index is 14.0. The van der Waals surface area contributed by atoms with Crippen LogP contribution in [0.2, 0.25) is 0 Å². The molecule has 0 fully saturated rings. The summed E-state index contributed by atoms with van der Waals surface area (Å²) < 4.78 is 25.8. The molecule has 6 nitrogen and oxygen atoms in total. The summed E-state index contributed by atoms with van der Waals surface area (Å²) in [6.07, 6.45) is 1.32. The fraction of sp³-hybridized carbons (Fsp3) is 0.158. The molecule has 0 spiro atoms. The van der Waals surface area contributed by atoms with Gasteiger partial charge in [-0.2, -0.15) is 0 Å². The van der Waals surface area contributed by atoms with Gasteiger partial charge in [-0.15, -0.1) is 0 Å². The number of aryl methyl sites for hydroxylation is 1. The van der Waals surface area contributed by atoms with Crippen LogP contribution in [0.1, 0.15) is 10.4 Å². The lowest BCUT2D eigenvalue weighted by Crippen LogP contribution is -2.24. The Morgan fingerprint density at radius 2 is 1.92 bits per heavy atom. The van der Waals surface area contributed by atoms with Gasteiger partial charge in [-0.1, -0.05) is 6.07 Å². The molecule has 2 aromatic carbocycles. The number of benzene rings is 2. The van der Waals surface area contributed by atoms with Crippen LogP contribution in [0.15, 0.2) is 47.4 Å². The van der Waals surface area contributed by atoms with Crippen LogP contribution < -0.4 is 20.2 Å². The number of hydrogen-bond acceptors (Lipinski definition) is 4. The maximum Gasteiger partial charge on any atom is 0.261 e. The Morgan fingerprint density at radius 1 is 1.15 bits per heavy atom. The van der Waals surface area contributed by atoms with Gasteiger partial charge in [0, 0.05) is 24.7 Å². The van der Waals surface area contributed by atoms with Crippen LogP contribution in [0.25, 0.3) is 10.9 Å². The van der Waals surface area contributed by atoms with Gasteiger partial charge in [-0.05, 0) is 24.3 Å². The van der Waals surface area contributed by atoms with Crippen molar-refractivity contribution in [2.24, 2.45) is 7.05 Å². The molecular formula is C19H17FN2O4. The van der Waals surface area contributed by atoms with E-state index in [1.165, 1.54) is 43.2 Å². The molecule has 0 aliphatic rings. The largest absolute Gasteiger partial charge is 0.497 e. The molecule has 0 saturated heterocycles. The highest BCUT2D eigenvalue weighted by Gasteiger charge is 2.18. The fourth-order valence-corrected chi connectivity index (χ4v) is 2.78. The van der Waals surface area contributed by atoms with E-state index >= 15 is 0 Å². The monoisotopic (exact) mass is 356 g/mol. The zero-order chi connectivity index (χ0) is 18.8. The minimum Gasteiger partial charge on any atom is -0.497 e. The molecule has 0 atom stereocenters. The van der Waals surface area contributed by atoms with E-state index < -0.39 is 17.2 Å². The number of fused-ring (bicyclic) bond motifs is 1. The molecule has 3 aromatic rings. The van der Waals surface area contributed by atoms with Gasteiger partial charge in [0.15, 0.2) is 0 Å². The van der Waals surface area contributed by atoms with Crippen molar-refractivity contribution in [1.82, 2.24) is 4.57 Å². The average molecular weight is 356 g/mol. The second-order valence-corrected chi connectivity index (χ2v) is 5.64. The fourth-order valence-electron chi connectivity index (χ4n) is 2.78. The van der Waals surface area contributed by atoms with Crippen molar-refractivity contribution in [3.63, 3.8) is 0 Å². The van der Waals surface area contributed by atoms with Crippen molar-refractivity contribution in [1.29, 1.82) is 0 Å². The molecule has 1 aromatic heterocycles. The van der Waals surface area contributed by atoms with E-state index in [0.717, 1.165) is 0 Å². The molecule has 0 aliphatic carbocycles. The third kappa shape index (κ3) is 2.99. The molecule has 7 heteroatoms. The lowest BCUT2D eigenvalue weighted by molar-refractivity contribution is 0.102. The molecule has 0 aliphatic heterocycles. The van der Waals surface area contributed by atoms with Crippen molar-refractivity contribution >= 4 is 22.5 Å². The zero-order valence-corrected chi connectivity index (χ0v) is 14.5. The number of methoxy groups -OCH3 is 2. The second kappa shape index (κ2) is 6.87. The molecule has 1 N–H and O–H groups in total. The molecule has 3 rings (SSSR count). The van der Waals surface area contributed by atoms with Gasteiger partial charge in [0.25, 0.3) is 5.91 Å². The first-order chi connectivity index (χ1) is 12.5. The van der Waals surface area contributed by atoms with Gasteiger partial charge in [0.05, 0.1) is 25.4 Å². The predicted molar refractivity (Wildman–Crippen MR) is 96.6 cm³/mol. The highest BCUT2D eigenvalue weighted by atomic mass is 19.1. The molecule has 0 saturated carbocycles. The van der Waals surface area contributed by atoms with E-state index in [9.17, 15) is 14.0 Å². The third-order valence-corrected chi connectivity index (χ3v) is 4.05. The number of carbonyl (C=O) groups is 1. The number of nitrogens with zero attached hydrogens (tertiary/aromatic N) is 1. The maximum atomic E-state index is 14.0. The Kier molecular flexibility index (Phi) is 4.62. The number of ether oxygens (including phenoxy) is 2. The van der Waals surface area contributed by atoms with Crippen molar-refractivity contribution in [3.8, 4) is 11.5 Å². The van der Waals surface area contributed by atoms with Gasteiger partial charge >= 0.3 is 0 Å². The normalized spacial score (nSPS) is 10.6. The molecular weight excluding hydrogens is 339 g/mol. The Bertz CT molecular complexity index is 1060. The SMILES string of the molecule is COc1ccc(OC)c(NC(=O)c2cn(C)c3c(F)cccc3c2=O)c1. The first kappa shape index (κ1) is 17.5. The van der Waals surface area contributed by atoms with Gasteiger partial charge in [-0.25, -0.2) is 4.39 Å². The van der Waals surface area contributed by atoms with E-state index in [1.54, 1.807) is 25.2 Å². The summed E-state index contributed by atoms with van der Waals surface area (Å²) in [5.74, 6) is -0.204. The highest BCUT2D eigenvalue weighted by Crippen LogP contribution is 2.29. The quantitative estimate of drug-likeness (QED) is 0.780. The first-order valence-electron chi connectivity index (χ1n) is 7.77. The number of halogens is 1. The molecule has 1 amide bonds. The van der Waals surface area contributed by atoms with Crippen LogP contribution in [0, 0.1) is 5.82 Å². The minimum atomic E-state index is -0.622. The molecule has 0 radical (unpaired) electrons. The molecule has 134 valence electrons. The van der Waals surface area contributed by atoms with Crippen LogP contribution in [0.4, 0.5) is 10.1 Å². The predicted octanol–water partition coefficient (Wildman–Crippen LogP) is 2.95. The molecule has 0 unspecified atom stereocenters. The van der Waals surface area contributed by atoms with Gasteiger partial charge in [-0.3, -0.25) is 9.59 Å². The molecule has 26 heavy (non-hydrogen) atoms. The number of para-hydroxylation sites is 1. The van der Waals surface area contributed by atoms with E-state index in [0.29, 0.717) is 17.2 Å². The number of anilines is 1. The summed E-state index contributed by atoms with van der Waals surface area (Å²) in [6.45, 7) is 0. The van der Waals surface area contributed by atoms with Gasteiger partial charge in [0.1, 0.15) is 22.9 Å². The van der Waals surface area contributed by atoms with Crippen LogP contribution in [-0.4, -0.2) is 24.7 Å². The average Bonchev–Trinajstić information content (AvgIpc) is 2.64. The van der Waals surface area contributed by atoms with E-state index in [4.69, 9.17) is 9.47 Å². The summed E-state index contributed by atoms with van der Waals surface area (Å²) in [5, 5.41) is 2.79. The Morgan fingerprint density at radius 3 is 2.62 bits per heavy atom. The topological polar surface area (TPSA) is 69.6 Å². The van der Waals surface area contributed by atoms with Gasteiger partial charge in [0.2, 0.25) is 5.43 Å². The summed E-state index contributed by atoms with van der Waals surface area (Å²) in [7, 11) is 4.55. The number of rotatable bonds is 4. The number of pyridine rings is 1. The summed E-state index contributed by atoms with van der Waals surface area (Å²) >= 11 is 0. The second-order valence-electron chi connectivity index (χ2n) is 5.64. The summed E-state index contributed by atoms with van der Waals surface area (Å²) in [4.78, 5) is 25.3. The summed E-state index contributed by atoms with van der Waals surface area (Å²) in [5.41, 5.74) is -0.140. The first-order valence-corrected chi connectivity index (χ1v) is 7.77. The Labute approximate surface area is 148 Å². The summed E-state index contributed by atoms with van der Waals surface area (Å²) in [6, 6.07) is 9.11. The van der Waals surface area contributed by atoms with E-state index in [2.05, 4.69) is 5.32 Å². The number of amides is 1. The number of aromatic nitrogens is 1. The van der Waals surface area contributed by atoms with Crippen LogP contribution >= 0.6 is 0 Å². The molecule has 1 heterocycles. The van der Waals surface area contributed by atoms with Crippen molar-refractivity contribution < 1.29 is 18.7 Å². The Balaban J connectivity index is 2.07. The zero-order valence-electron chi connectivity index (χ0n) is 14.5. The lowest BCUT2D eigenvalue weighted by Gasteiger charge is -2.13. The molecule has 0 bridgehead atoms. The lowest BCUT2D eigenvalue weighted by atomic mass is 10.1. The van der Waals surface area contributed by atoms with Crippen molar-refractivity contribution in [2.45, 2.75) is 0 Å². The number of carbonyl (C=O) groups excluding carboxylic acids is 1. The minimum absolute atomic E-state index is 0.101. The number of nitrogens with one attached hydrogen (secondary N) is 1. The van der Waals surface area contributed by atoms with Crippen molar-refractivity contribution in [2.75, 3.05) is 19.5 Å².